The molecule has 2 aromatic heterocycles. The van der Waals surface area contributed by atoms with E-state index in [1.165, 1.54) is 28.1 Å². The molecule has 5 rings (SSSR count). The Hall–Kier alpha value is -3.90. The van der Waals surface area contributed by atoms with Crippen molar-refractivity contribution < 1.29 is 13.9 Å². The summed E-state index contributed by atoms with van der Waals surface area (Å²) in [6.45, 7) is 8.41. The molecule has 2 N–H and O–H groups in total. The quantitative estimate of drug-likeness (QED) is 0.328. The number of benzene rings is 2. The summed E-state index contributed by atoms with van der Waals surface area (Å²) in [4.78, 5) is 23.4. The Balaban J connectivity index is 1.29. The van der Waals surface area contributed by atoms with Gasteiger partial charge in [-0.05, 0) is 50.6 Å². The molecule has 0 amide bonds. The lowest BCUT2D eigenvalue weighted by Crippen LogP contribution is -2.57. The number of anilines is 1. The minimum Gasteiger partial charge on any atom is -0.381 e. The van der Waals surface area contributed by atoms with Crippen LogP contribution in [0, 0.1) is 11.6 Å². The first-order chi connectivity index (χ1) is 19.2. The highest BCUT2D eigenvalue weighted by atomic mass is 19.1. The van der Waals surface area contributed by atoms with Gasteiger partial charge in [0.2, 0.25) is 0 Å². The lowest BCUT2D eigenvalue weighted by molar-refractivity contribution is -0.0650. The maximum Gasteiger partial charge on any atom is 0.343 e. The van der Waals surface area contributed by atoms with Crippen molar-refractivity contribution in [3.63, 3.8) is 0 Å². The minimum absolute atomic E-state index is 0.0173. The van der Waals surface area contributed by atoms with Crippen molar-refractivity contribution in [1.29, 1.82) is 0 Å². The third kappa shape index (κ3) is 5.41. The van der Waals surface area contributed by atoms with Crippen molar-refractivity contribution in [3.8, 4) is 11.4 Å². The van der Waals surface area contributed by atoms with Crippen LogP contribution in [0.2, 0.25) is 0 Å². The highest BCUT2D eigenvalue weighted by Crippen LogP contribution is 2.33. The number of rotatable bonds is 9. The number of nitrogens with one attached hydrogen (secondary N) is 1. The molecule has 1 unspecified atom stereocenters. The van der Waals surface area contributed by atoms with Crippen LogP contribution in [0.3, 0.4) is 0 Å². The molecule has 0 aliphatic carbocycles. The molecule has 40 heavy (non-hydrogen) atoms. The smallest absolute Gasteiger partial charge is 0.343 e. The molecule has 0 radical (unpaired) electrons. The van der Waals surface area contributed by atoms with Crippen molar-refractivity contribution in [3.05, 3.63) is 82.8 Å². The van der Waals surface area contributed by atoms with Gasteiger partial charge in [0, 0.05) is 55.1 Å². The van der Waals surface area contributed by atoms with Crippen LogP contribution in [-0.2, 0) is 12.1 Å². The Labute approximate surface area is 230 Å². The molecular formula is C28H34F2N8O2. The predicted octanol–water partition coefficient (Wildman–Crippen LogP) is 3.18. The van der Waals surface area contributed by atoms with E-state index in [0.717, 1.165) is 29.8 Å². The molecule has 10 nitrogen and oxygen atoms in total. The van der Waals surface area contributed by atoms with Gasteiger partial charge in [0.1, 0.15) is 29.9 Å². The molecule has 4 aromatic rings. The van der Waals surface area contributed by atoms with Gasteiger partial charge in [0.15, 0.2) is 5.82 Å². The molecule has 0 spiro atoms. The van der Waals surface area contributed by atoms with Crippen LogP contribution in [-0.4, -0.2) is 71.8 Å². The second-order valence-corrected chi connectivity index (χ2v) is 10.4. The Morgan fingerprint density at radius 1 is 1.07 bits per heavy atom. The average Bonchev–Trinajstić information content (AvgIpc) is 3.61. The van der Waals surface area contributed by atoms with E-state index < -0.39 is 23.3 Å². The molecule has 2 aromatic carbocycles. The van der Waals surface area contributed by atoms with E-state index in [2.05, 4.69) is 30.0 Å². The highest BCUT2D eigenvalue weighted by molar-refractivity contribution is 5.60. The first-order valence-corrected chi connectivity index (χ1v) is 13.5. The fourth-order valence-electron chi connectivity index (χ4n) is 5.28. The molecule has 3 atom stereocenters. The topological polar surface area (TPSA) is 108 Å². The second kappa shape index (κ2) is 11.3. The Bertz CT molecular complexity index is 1480. The number of aliphatic hydroxyl groups is 1. The molecule has 212 valence electrons. The summed E-state index contributed by atoms with van der Waals surface area (Å²) in [6, 6.07) is 10.7. The van der Waals surface area contributed by atoms with Gasteiger partial charge in [-0.15, -0.1) is 5.10 Å². The lowest BCUT2D eigenvalue weighted by atomic mass is 9.85. The number of H-pyrrole nitrogens is 1. The van der Waals surface area contributed by atoms with Gasteiger partial charge in [-0.25, -0.2) is 27.9 Å². The van der Waals surface area contributed by atoms with Crippen LogP contribution in [0.5, 0.6) is 0 Å². The number of hydrogen-bond donors (Lipinski definition) is 2. The average molecular weight is 553 g/mol. The van der Waals surface area contributed by atoms with Crippen LogP contribution < -0.4 is 10.6 Å². The summed E-state index contributed by atoms with van der Waals surface area (Å²) >= 11 is 0. The molecule has 1 aliphatic rings. The van der Waals surface area contributed by atoms with Gasteiger partial charge in [0.05, 0.1) is 12.6 Å². The van der Waals surface area contributed by atoms with Crippen LogP contribution in [0.25, 0.3) is 11.4 Å². The maximum absolute atomic E-state index is 14.9. The van der Waals surface area contributed by atoms with E-state index in [-0.39, 0.29) is 23.8 Å². The number of nitrogens with zero attached hydrogens (tertiary/aromatic N) is 7. The summed E-state index contributed by atoms with van der Waals surface area (Å²) in [7, 11) is 0. The van der Waals surface area contributed by atoms with Crippen molar-refractivity contribution in [2.45, 2.75) is 51.4 Å². The largest absolute Gasteiger partial charge is 0.381 e. The van der Waals surface area contributed by atoms with Crippen molar-refractivity contribution in [1.82, 2.24) is 34.4 Å². The predicted molar refractivity (Wildman–Crippen MR) is 147 cm³/mol. The van der Waals surface area contributed by atoms with Gasteiger partial charge in [-0.2, -0.15) is 5.10 Å². The van der Waals surface area contributed by atoms with Gasteiger partial charge in [0.25, 0.3) is 0 Å². The Kier molecular flexibility index (Phi) is 7.81. The lowest BCUT2D eigenvalue weighted by Gasteiger charge is -2.45. The van der Waals surface area contributed by atoms with E-state index >= 15 is 0 Å². The zero-order valence-electron chi connectivity index (χ0n) is 22.8. The zero-order valence-corrected chi connectivity index (χ0v) is 22.8. The van der Waals surface area contributed by atoms with Crippen molar-refractivity contribution >= 4 is 5.69 Å². The summed E-state index contributed by atoms with van der Waals surface area (Å²) in [5.41, 5.74) is -0.0196. The second-order valence-electron chi connectivity index (χ2n) is 10.4. The van der Waals surface area contributed by atoms with Gasteiger partial charge < -0.3 is 10.0 Å². The number of hydrogen-bond acceptors (Lipinski definition) is 7. The first kappa shape index (κ1) is 27.7. The van der Waals surface area contributed by atoms with Gasteiger partial charge in [-0.3, -0.25) is 9.88 Å². The molecular weight excluding hydrogens is 518 g/mol. The van der Waals surface area contributed by atoms with Gasteiger partial charge in [-0.1, -0.05) is 13.0 Å². The van der Waals surface area contributed by atoms with E-state index in [0.29, 0.717) is 32.0 Å². The fourth-order valence-corrected chi connectivity index (χ4v) is 5.28. The van der Waals surface area contributed by atoms with Crippen LogP contribution >= 0.6 is 0 Å². The normalized spacial score (nSPS) is 17.5. The van der Waals surface area contributed by atoms with Crippen molar-refractivity contribution in [2.24, 2.45) is 0 Å². The molecule has 12 heteroatoms. The minimum atomic E-state index is -1.68. The van der Waals surface area contributed by atoms with E-state index in [1.807, 2.05) is 45.0 Å². The highest BCUT2D eigenvalue weighted by Gasteiger charge is 2.42. The summed E-state index contributed by atoms with van der Waals surface area (Å²) in [6.07, 6.45) is 3.63. The third-order valence-corrected chi connectivity index (χ3v) is 7.98. The van der Waals surface area contributed by atoms with E-state index in [9.17, 15) is 18.7 Å². The summed E-state index contributed by atoms with van der Waals surface area (Å²) < 4.78 is 31.5. The number of aromatic amines is 1. The standard InChI is InChI=1S/C28H34F2N8O2/c1-4-19(2)38-27(39)33-26(34-38)21-5-8-23(9-6-21)36-13-11-35(12-14-36)20(3)28(40,16-37-18-31-17-32-37)24-10-7-22(29)15-25(24)30/h5-10,15,17-20,40H,4,11-14,16H2,1-3H3,(H,33,34,39)/t19?,20-,28-/m1/s1. The number of aromatic nitrogens is 6. The molecule has 1 saturated heterocycles. The van der Waals surface area contributed by atoms with Crippen LogP contribution in [0.15, 0.2) is 59.9 Å². The molecule has 0 bridgehead atoms. The maximum atomic E-state index is 14.9. The SMILES string of the molecule is CCC(C)n1nc(-c2ccc(N3CCN([C@H](C)[C@](O)(Cn4cncn4)c4ccc(F)cc4F)CC3)cc2)[nH]c1=O. The van der Waals surface area contributed by atoms with Gasteiger partial charge >= 0.3 is 5.69 Å². The summed E-state index contributed by atoms with van der Waals surface area (Å²) in [5, 5.41) is 20.5. The number of halogens is 2. The summed E-state index contributed by atoms with van der Waals surface area (Å²) in [5.74, 6) is -0.967. The fraction of sp³-hybridized carbons (Fsp3) is 0.429. The molecule has 1 aliphatic heterocycles. The zero-order chi connectivity index (χ0) is 28.4. The molecule has 1 fully saturated rings. The van der Waals surface area contributed by atoms with Crippen molar-refractivity contribution in [2.75, 3.05) is 31.1 Å². The van der Waals surface area contributed by atoms with Crippen LogP contribution in [0.4, 0.5) is 14.5 Å². The number of piperazine rings is 1. The van der Waals surface area contributed by atoms with Crippen LogP contribution in [0.1, 0.15) is 38.8 Å². The third-order valence-electron chi connectivity index (χ3n) is 7.98. The molecule has 0 saturated carbocycles. The Morgan fingerprint density at radius 3 is 2.42 bits per heavy atom. The Morgan fingerprint density at radius 2 is 1.80 bits per heavy atom. The monoisotopic (exact) mass is 552 g/mol. The first-order valence-electron chi connectivity index (χ1n) is 13.5. The van der Waals surface area contributed by atoms with E-state index in [1.54, 1.807) is 0 Å². The molecule has 3 heterocycles. The van der Waals surface area contributed by atoms with E-state index in [4.69, 9.17) is 0 Å².